The van der Waals surface area contributed by atoms with Gasteiger partial charge in [0.25, 0.3) is 0 Å². The molecular formula is C21H28N4. The molecule has 1 spiro atoms. The van der Waals surface area contributed by atoms with Crippen molar-refractivity contribution in [2.75, 3.05) is 26.2 Å². The molecule has 0 radical (unpaired) electrons. The van der Waals surface area contributed by atoms with Gasteiger partial charge in [0, 0.05) is 38.1 Å². The van der Waals surface area contributed by atoms with Crippen LogP contribution in [0, 0.1) is 12.3 Å². The quantitative estimate of drug-likeness (QED) is 0.858. The summed E-state index contributed by atoms with van der Waals surface area (Å²) in [5.41, 5.74) is 3.99. The number of aromatic nitrogens is 2. The molecule has 4 nitrogen and oxygen atoms in total. The minimum absolute atomic E-state index is 0.469. The zero-order valence-electron chi connectivity index (χ0n) is 15.2. The van der Waals surface area contributed by atoms with Crippen LogP contribution in [0.3, 0.4) is 0 Å². The van der Waals surface area contributed by atoms with Crippen molar-refractivity contribution in [3.05, 3.63) is 59.7 Å². The zero-order chi connectivity index (χ0) is 17.1. The summed E-state index contributed by atoms with van der Waals surface area (Å²) in [5.74, 6) is 0. The van der Waals surface area contributed by atoms with E-state index in [1.807, 2.05) is 12.3 Å². The molecule has 2 aliphatic rings. The van der Waals surface area contributed by atoms with Crippen molar-refractivity contribution in [1.29, 1.82) is 0 Å². The Bertz CT molecular complexity index is 702. The van der Waals surface area contributed by atoms with Crippen molar-refractivity contribution < 1.29 is 0 Å². The molecule has 0 saturated carbocycles. The second-order valence-corrected chi connectivity index (χ2v) is 7.87. The standard InChI is InChI=1S/C21H28N4/c1-18-6-4-8-20(23-18)15-24-12-5-9-21(16-24)10-13-25(17-21)14-19-7-2-3-11-22-19/h2-4,6-8,11H,5,9-10,12-17H2,1H3/t21-/m1/s1. The van der Waals surface area contributed by atoms with Gasteiger partial charge in [-0.3, -0.25) is 19.8 Å². The second-order valence-electron chi connectivity index (χ2n) is 7.87. The minimum Gasteiger partial charge on any atom is -0.297 e. The van der Waals surface area contributed by atoms with E-state index in [-0.39, 0.29) is 0 Å². The van der Waals surface area contributed by atoms with E-state index in [1.54, 1.807) is 0 Å². The van der Waals surface area contributed by atoms with Gasteiger partial charge in [0.15, 0.2) is 0 Å². The average Bonchev–Trinajstić information content (AvgIpc) is 2.97. The maximum absolute atomic E-state index is 4.69. The molecule has 0 N–H and O–H groups in total. The van der Waals surface area contributed by atoms with E-state index in [9.17, 15) is 0 Å². The van der Waals surface area contributed by atoms with Gasteiger partial charge in [0.1, 0.15) is 0 Å². The fourth-order valence-electron chi connectivity index (χ4n) is 4.58. The number of pyridine rings is 2. The summed E-state index contributed by atoms with van der Waals surface area (Å²) in [4.78, 5) is 14.4. The van der Waals surface area contributed by atoms with Gasteiger partial charge in [-0.25, -0.2) is 0 Å². The van der Waals surface area contributed by atoms with Crippen molar-refractivity contribution in [3.8, 4) is 0 Å². The molecule has 0 unspecified atom stereocenters. The van der Waals surface area contributed by atoms with Crippen molar-refractivity contribution in [1.82, 2.24) is 19.8 Å². The van der Waals surface area contributed by atoms with E-state index in [4.69, 9.17) is 4.98 Å². The lowest BCUT2D eigenvalue weighted by molar-refractivity contribution is 0.0855. The molecule has 4 heteroatoms. The third-order valence-corrected chi connectivity index (χ3v) is 5.70. The van der Waals surface area contributed by atoms with Crippen molar-refractivity contribution in [2.24, 2.45) is 5.41 Å². The van der Waals surface area contributed by atoms with Crippen LogP contribution >= 0.6 is 0 Å². The molecule has 2 aromatic heterocycles. The molecule has 2 aromatic rings. The first-order valence-electron chi connectivity index (χ1n) is 9.48. The molecule has 2 aliphatic heterocycles. The number of hydrogen-bond acceptors (Lipinski definition) is 4. The molecule has 2 fully saturated rings. The summed E-state index contributed by atoms with van der Waals surface area (Å²) in [6.07, 6.45) is 5.89. The van der Waals surface area contributed by atoms with Crippen LogP contribution < -0.4 is 0 Å². The fraction of sp³-hybridized carbons (Fsp3) is 0.524. The molecule has 0 amide bonds. The van der Waals surface area contributed by atoms with Crippen LogP contribution in [0.25, 0.3) is 0 Å². The van der Waals surface area contributed by atoms with Crippen LogP contribution in [0.5, 0.6) is 0 Å². The first kappa shape index (κ1) is 16.7. The predicted molar refractivity (Wildman–Crippen MR) is 100 cm³/mol. The van der Waals surface area contributed by atoms with Crippen LogP contribution in [-0.4, -0.2) is 45.9 Å². The molecule has 0 aromatic carbocycles. The maximum Gasteiger partial charge on any atom is 0.0547 e. The predicted octanol–water partition coefficient (Wildman–Crippen LogP) is 3.27. The largest absolute Gasteiger partial charge is 0.297 e. The summed E-state index contributed by atoms with van der Waals surface area (Å²) in [6.45, 7) is 8.88. The van der Waals surface area contributed by atoms with Gasteiger partial charge < -0.3 is 0 Å². The zero-order valence-corrected chi connectivity index (χ0v) is 15.2. The first-order chi connectivity index (χ1) is 12.2. The Hall–Kier alpha value is -1.78. The van der Waals surface area contributed by atoms with Gasteiger partial charge in [0.2, 0.25) is 0 Å². The number of rotatable bonds is 4. The van der Waals surface area contributed by atoms with Crippen LogP contribution in [0.15, 0.2) is 42.6 Å². The fourth-order valence-corrected chi connectivity index (χ4v) is 4.58. The minimum atomic E-state index is 0.469. The summed E-state index contributed by atoms with van der Waals surface area (Å²) in [6, 6.07) is 12.6. The van der Waals surface area contributed by atoms with Gasteiger partial charge in [0.05, 0.1) is 11.4 Å². The molecule has 25 heavy (non-hydrogen) atoms. The van der Waals surface area contributed by atoms with E-state index in [0.717, 1.165) is 18.8 Å². The Labute approximate surface area is 150 Å². The Morgan fingerprint density at radius 1 is 0.920 bits per heavy atom. The molecule has 4 heterocycles. The topological polar surface area (TPSA) is 32.3 Å². The maximum atomic E-state index is 4.69. The number of nitrogens with zero attached hydrogens (tertiary/aromatic N) is 4. The summed E-state index contributed by atoms with van der Waals surface area (Å²) in [5, 5.41) is 0. The molecule has 0 aliphatic carbocycles. The molecule has 2 saturated heterocycles. The van der Waals surface area contributed by atoms with Crippen molar-refractivity contribution >= 4 is 0 Å². The van der Waals surface area contributed by atoms with Crippen LogP contribution in [0.2, 0.25) is 0 Å². The average molecular weight is 336 g/mol. The Morgan fingerprint density at radius 3 is 2.52 bits per heavy atom. The SMILES string of the molecule is Cc1cccc(CN2CCC[C@@]3(CCN(Cc4ccccn4)C3)C2)n1. The van der Waals surface area contributed by atoms with E-state index in [2.05, 4.69) is 52.0 Å². The normalized spacial score (nSPS) is 24.8. The lowest BCUT2D eigenvalue weighted by atomic mass is 9.79. The molecule has 1 atom stereocenters. The third-order valence-electron chi connectivity index (χ3n) is 5.70. The van der Waals surface area contributed by atoms with E-state index >= 15 is 0 Å². The number of hydrogen-bond donors (Lipinski definition) is 0. The van der Waals surface area contributed by atoms with Crippen LogP contribution in [0.1, 0.15) is 36.3 Å². The van der Waals surface area contributed by atoms with E-state index in [1.165, 1.54) is 56.8 Å². The van der Waals surface area contributed by atoms with Crippen molar-refractivity contribution in [3.63, 3.8) is 0 Å². The number of likely N-dealkylation sites (tertiary alicyclic amines) is 2. The highest BCUT2D eigenvalue weighted by molar-refractivity contribution is 5.10. The van der Waals surface area contributed by atoms with E-state index in [0.29, 0.717) is 5.41 Å². The Kier molecular flexibility index (Phi) is 4.82. The third kappa shape index (κ3) is 4.07. The lowest BCUT2D eigenvalue weighted by Crippen LogP contribution is -2.44. The highest BCUT2D eigenvalue weighted by Gasteiger charge is 2.41. The van der Waals surface area contributed by atoms with Gasteiger partial charge in [-0.15, -0.1) is 0 Å². The van der Waals surface area contributed by atoms with Gasteiger partial charge >= 0.3 is 0 Å². The number of piperidine rings is 1. The highest BCUT2D eigenvalue weighted by Crippen LogP contribution is 2.39. The van der Waals surface area contributed by atoms with Gasteiger partial charge in [-0.2, -0.15) is 0 Å². The Balaban J connectivity index is 1.37. The second kappa shape index (κ2) is 7.22. The summed E-state index contributed by atoms with van der Waals surface area (Å²) in [7, 11) is 0. The van der Waals surface area contributed by atoms with Gasteiger partial charge in [-0.1, -0.05) is 12.1 Å². The first-order valence-corrected chi connectivity index (χ1v) is 9.48. The molecule has 0 bridgehead atoms. The summed E-state index contributed by atoms with van der Waals surface area (Å²) < 4.78 is 0. The monoisotopic (exact) mass is 336 g/mol. The smallest absolute Gasteiger partial charge is 0.0547 e. The van der Waals surface area contributed by atoms with Crippen molar-refractivity contribution in [2.45, 2.75) is 39.3 Å². The van der Waals surface area contributed by atoms with Crippen LogP contribution in [-0.2, 0) is 13.1 Å². The molecule has 132 valence electrons. The number of aryl methyl sites for hydroxylation is 1. The molecule has 4 rings (SSSR count). The highest BCUT2D eigenvalue weighted by atomic mass is 15.2. The van der Waals surface area contributed by atoms with Crippen LogP contribution in [0.4, 0.5) is 0 Å². The lowest BCUT2D eigenvalue weighted by Gasteiger charge is -2.40. The summed E-state index contributed by atoms with van der Waals surface area (Å²) >= 11 is 0. The molecular weight excluding hydrogens is 308 g/mol. The van der Waals surface area contributed by atoms with E-state index < -0.39 is 0 Å². The van der Waals surface area contributed by atoms with Gasteiger partial charge in [-0.05, 0) is 69.0 Å². The Morgan fingerprint density at radius 2 is 1.72 bits per heavy atom.